The van der Waals surface area contributed by atoms with Crippen molar-refractivity contribution >= 4 is 7.60 Å². The predicted molar refractivity (Wildman–Crippen MR) is 54.3 cm³/mol. The molecular weight excluding hydrogens is 215 g/mol. The van der Waals surface area contributed by atoms with Crippen molar-refractivity contribution in [2.75, 3.05) is 12.8 Å². The van der Waals surface area contributed by atoms with E-state index in [0.29, 0.717) is 13.0 Å². The van der Waals surface area contributed by atoms with Gasteiger partial charge in [0.05, 0.1) is 20.2 Å². The molecule has 0 saturated carbocycles. The van der Waals surface area contributed by atoms with Crippen LogP contribution in [0.2, 0.25) is 0 Å². The van der Waals surface area contributed by atoms with Gasteiger partial charge in [0.25, 0.3) is 0 Å². The van der Waals surface area contributed by atoms with E-state index in [0.717, 1.165) is 0 Å². The van der Waals surface area contributed by atoms with Gasteiger partial charge in [-0.2, -0.15) is 0 Å². The van der Waals surface area contributed by atoms with Crippen molar-refractivity contribution in [1.29, 1.82) is 0 Å². The van der Waals surface area contributed by atoms with Crippen LogP contribution in [0.1, 0.15) is 13.3 Å². The quantitative estimate of drug-likeness (QED) is 0.523. The van der Waals surface area contributed by atoms with Crippen LogP contribution in [0.5, 0.6) is 0 Å². The SMILES string of the molecule is CCOP(=O)([O-])CCCn1cc[n+](C)c1. The molecule has 86 valence electrons. The fourth-order valence-electron chi connectivity index (χ4n) is 1.34. The van der Waals surface area contributed by atoms with Gasteiger partial charge in [0.1, 0.15) is 20.0 Å². The summed E-state index contributed by atoms with van der Waals surface area (Å²) >= 11 is 0. The Morgan fingerprint density at radius 1 is 1.60 bits per heavy atom. The van der Waals surface area contributed by atoms with E-state index >= 15 is 0 Å². The smallest absolute Gasteiger partial charge is 0.243 e. The number of nitrogens with zero attached hydrogens (tertiary/aromatic N) is 2. The van der Waals surface area contributed by atoms with Crippen molar-refractivity contribution in [2.45, 2.75) is 19.9 Å². The molecule has 1 heterocycles. The third kappa shape index (κ3) is 4.60. The molecule has 0 aliphatic rings. The number of hydrogen-bond donors (Lipinski definition) is 0. The van der Waals surface area contributed by atoms with E-state index in [1.165, 1.54) is 0 Å². The summed E-state index contributed by atoms with van der Waals surface area (Å²) < 4.78 is 19.7. The van der Waals surface area contributed by atoms with E-state index in [2.05, 4.69) is 4.52 Å². The van der Waals surface area contributed by atoms with Crippen molar-refractivity contribution in [3.63, 3.8) is 0 Å². The summed E-state index contributed by atoms with van der Waals surface area (Å²) in [5, 5.41) is 0. The highest BCUT2D eigenvalue weighted by Gasteiger charge is 2.08. The van der Waals surface area contributed by atoms with Crippen LogP contribution < -0.4 is 9.46 Å². The minimum absolute atomic E-state index is 0.0999. The Balaban J connectivity index is 2.30. The Kier molecular flexibility index (Phi) is 4.51. The van der Waals surface area contributed by atoms with Crippen LogP contribution in [0, 0.1) is 0 Å². The first-order valence-electron chi connectivity index (χ1n) is 4.99. The van der Waals surface area contributed by atoms with E-state index in [1.807, 2.05) is 34.9 Å². The molecule has 0 bridgehead atoms. The normalized spacial score (nSPS) is 15.1. The molecule has 0 aliphatic heterocycles. The van der Waals surface area contributed by atoms with Gasteiger partial charge in [-0.3, -0.25) is 0 Å². The fourth-order valence-corrected chi connectivity index (χ4v) is 2.39. The van der Waals surface area contributed by atoms with E-state index in [-0.39, 0.29) is 12.8 Å². The monoisotopic (exact) mass is 232 g/mol. The number of rotatable bonds is 6. The molecule has 6 heteroatoms. The molecule has 0 radical (unpaired) electrons. The Bertz CT molecular complexity index is 351. The zero-order valence-electron chi connectivity index (χ0n) is 9.13. The molecule has 1 unspecified atom stereocenters. The van der Waals surface area contributed by atoms with Crippen molar-refractivity contribution in [3.8, 4) is 0 Å². The number of hydrogen-bond acceptors (Lipinski definition) is 3. The Labute approximate surface area is 89.8 Å². The Hall–Kier alpha value is -0.640. The molecule has 0 spiro atoms. The largest absolute Gasteiger partial charge is 0.778 e. The summed E-state index contributed by atoms with van der Waals surface area (Å²) in [4.78, 5) is 11.2. The van der Waals surface area contributed by atoms with Crippen molar-refractivity contribution in [3.05, 3.63) is 18.7 Å². The highest BCUT2D eigenvalue weighted by molar-refractivity contribution is 7.51. The molecule has 5 nitrogen and oxygen atoms in total. The van der Waals surface area contributed by atoms with Crippen LogP contribution in [0.4, 0.5) is 0 Å². The molecule has 0 saturated heterocycles. The molecule has 0 fully saturated rings. The van der Waals surface area contributed by atoms with Gasteiger partial charge in [0, 0.05) is 6.16 Å². The van der Waals surface area contributed by atoms with Crippen molar-refractivity contribution < 1.29 is 18.5 Å². The van der Waals surface area contributed by atoms with Crippen molar-refractivity contribution in [1.82, 2.24) is 4.57 Å². The van der Waals surface area contributed by atoms with Crippen LogP contribution in [0.25, 0.3) is 0 Å². The second kappa shape index (κ2) is 5.45. The molecule has 1 atom stereocenters. The minimum atomic E-state index is -3.59. The van der Waals surface area contributed by atoms with Gasteiger partial charge in [-0.15, -0.1) is 0 Å². The van der Waals surface area contributed by atoms with Gasteiger partial charge < -0.3 is 14.0 Å². The van der Waals surface area contributed by atoms with Crippen LogP contribution >= 0.6 is 7.60 Å². The fraction of sp³-hybridized carbons (Fsp3) is 0.667. The lowest BCUT2D eigenvalue weighted by Gasteiger charge is -2.21. The molecule has 0 N–H and O–H groups in total. The summed E-state index contributed by atoms with van der Waals surface area (Å²) in [6, 6.07) is 0. The van der Waals surface area contributed by atoms with Crippen LogP contribution in [0.15, 0.2) is 18.7 Å². The third-order valence-electron chi connectivity index (χ3n) is 2.00. The third-order valence-corrected chi connectivity index (χ3v) is 3.51. The summed E-state index contributed by atoms with van der Waals surface area (Å²) in [5.74, 6) is 0. The van der Waals surface area contributed by atoms with Crippen LogP contribution in [-0.4, -0.2) is 17.3 Å². The average molecular weight is 232 g/mol. The Morgan fingerprint density at radius 3 is 2.87 bits per heavy atom. The standard InChI is InChI=1S/C9H17N2O3P/c1-3-14-15(12,13)8-4-5-11-7-6-10(2)9-11/h6-7,9H,3-5,8H2,1-2H3. The van der Waals surface area contributed by atoms with Gasteiger partial charge in [-0.1, -0.05) is 0 Å². The van der Waals surface area contributed by atoms with E-state index < -0.39 is 7.60 Å². The second-order valence-electron chi connectivity index (χ2n) is 3.42. The summed E-state index contributed by atoms with van der Waals surface area (Å²) in [6.45, 7) is 2.59. The minimum Gasteiger partial charge on any atom is -0.778 e. The molecule has 0 aromatic carbocycles. The van der Waals surface area contributed by atoms with Gasteiger partial charge >= 0.3 is 0 Å². The highest BCUT2D eigenvalue weighted by Crippen LogP contribution is 2.37. The first kappa shape index (κ1) is 12.4. The zero-order chi connectivity index (χ0) is 11.3. The molecular formula is C9H17N2O3P. The van der Waals surface area contributed by atoms with Gasteiger partial charge in [0.15, 0.2) is 0 Å². The lowest BCUT2D eigenvalue weighted by atomic mass is 10.5. The maximum absolute atomic E-state index is 11.2. The number of aromatic nitrogens is 2. The maximum atomic E-state index is 11.2. The Morgan fingerprint density at radius 2 is 2.33 bits per heavy atom. The zero-order valence-corrected chi connectivity index (χ0v) is 10.0. The van der Waals surface area contributed by atoms with Gasteiger partial charge in [-0.25, -0.2) is 9.13 Å². The number of imidazole rings is 1. The van der Waals surface area contributed by atoms with Crippen molar-refractivity contribution in [2.24, 2.45) is 7.05 Å². The van der Waals surface area contributed by atoms with Crippen LogP contribution in [0.3, 0.4) is 0 Å². The van der Waals surface area contributed by atoms with E-state index in [9.17, 15) is 9.46 Å². The lowest BCUT2D eigenvalue weighted by molar-refractivity contribution is -0.671. The summed E-state index contributed by atoms with van der Waals surface area (Å²) in [7, 11) is -1.67. The second-order valence-corrected chi connectivity index (χ2v) is 5.35. The van der Waals surface area contributed by atoms with Crippen LogP contribution in [-0.2, 0) is 22.7 Å². The molecule has 15 heavy (non-hydrogen) atoms. The summed E-state index contributed by atoms with van der Waals surface area (Å²) in [5.41, 5.74) is 0. The van der Waals surface area contributed by atoms with E-state index in [4.69, 9.17) is 0 Å². The molecule has 1 aromatic rings. The molecule has 1 rings (SSSR count). The summed E-state index contributed by atoms with van der Waals surface area (Å²) in [6.07, 6.45) is 6.42. The van der Waals surface area contributed by atoms with Gasteiger partial charge in [0.2, 0.25) is 6.33 Å². The predicted octanol–water partition coefficient (Wildman–Crippen LogP) is 0.293. The molecule has 0 aliphatic carbocycles. The average Bonchev–Trinajstić information content (AvgIpc) is 2.51. The van der Waals surface area contributed by atoms with E-state index in [1.54, 1.807) is 6.92 Å². The highest BCUT2D eigenvalue weighted by atomic mass is 31.2. The van der Waals surface area contributed by atoms with Gasteiger partial charge in [-0.05, 0) is 13.3 Å². The number of aryl methyl sites for hydroxylation is 2. The molecule has 1 aromatic heterocycles. The molecule has 0 amide bonds. The first-order chi connectivity index (χ1) is 7.03. The topological polar surface area (TPSA) is 58.2 Å². The first-order valence-corrected chi connectivity index (χ1v) is 6.72. The lowest BCUT2D eigenvalue weighted by Crippen LogP contribution is -2.23. The maximum Gasteiger partial charge on any atom is 0.243 e.